The van der Waals surface area contributed by atoms with E-state index < -0.39 is 6.10 Å². The number of amides is 1. The number of ether oxygens (including phenoxy) is 1. The number of likely N-dealkylation sites (tertiary alicyclic amines) is 1. The Morgan fingerprint density at radius 3 is 2.67 bits per heavy atom. The van der Waals surface area contributed by atoms with Crippen LogP contribution in [-0.2, 0) is 4.79 Å². The van der Waals surface area contributed by atoms with Gasteiger partial charge in [-0.3, -0.25) is 4.79 Å². The van der Waals surface area contributed by atoms with Crippen LogP contribution in [0.3, 0.4) is 0 Å². The molecule has 1 unspecified atom stereocenters. The number of rotatable bonds is 6. The summed E-state index contributed by atoms with van der Waals surface area (Å²) in [4.78, 5) is 19.0. The van der Waals surface area contributed by atoms with E-state index >= 15 is 0 Å². The van der Waals surface area contributed by atoms with Crippen LogP contribution in [-0.4, -0.2) is 55.1 Å². The summed E-state index contributed by atoms with van der Waals surface area (Å²) in [6, 6.07) is 9.61. The summed E-state index contributed by atoms with van der Waals surface area (Å²) >= 11 is 0. The minimum Gasteiger partial charge on any atom is -0.481 e. The van der Waals surface area contributed by atoms with Gasteiger partial charge in [-0.2, -0.15) is 4.98 Å². The maximum Gasteiger partial charge on any atom is 0.280 e. The summed E-state index contributed by atoms with van der Waals surface area (Å²) in [6.07, 6.45) is 5.21. The molecule has 3 aromatic rings. The predicted octanol–water partition coefficient (Wildman–Crippen LogP) is 2.84. The van der Waals surface area contributed by atoms with E-state index in [-0.39, 0.29) is 11.9 Å². The van der Waals surface area contributed by atoms with Crippen LogP contribution in [0.15, 0.2) is 41.1 Å². The van der Waals surface area contributed by atoms with Crippen molar-refractivity contribution in [3.63, 3.8) is 0 Å². The molecule has 1 amide bonds. The van der Waals surface area contributed by atoms with Crippen LogP contribution in [0.2, 0.25) is 0 Å². The Morgan fingerprint density at radius 1 is 1.17 bits per heavy atom. The van der Waals surface area contributed by atoms with Crippen LogP contribution < -0.4 is 4.74 Å². The van der Waals surface area contributed by atoms with Crippen molar-refractivity contribution >= 4 is 5.91 Å². The summed E-state index contributed by atoms with van der Waals surface area (Å²) < 4.78 is 13.0. The molecule has 1 aliphatic heterocycles. The van der Waals surface area contributed by atoms with Crippen LogP contribution in [0.1, 0.15) is 50.4 Å². The highest BCUT2D eigenvalue weighted by Crippen LogP contribution is 2.38. The second-order valence-electron chi connectivity index (χ2n) is 7.95. The van der Waals surface area contributed by atoms with Crippen molar-refractivity contribution < 1.29 is 14.1 Å². The van der Waals surface area contributed by atoms with Crippen molar-refractivity contribution in [1.29, 1.82) is 0 Å². The van der Waals surface area contributed by atoms with Crippen molar-refractivity contribution in [1.82, 2.24) is 30.0 Å². The Balaban J connectivity index is 1.17. The second kappa shape index (κ2) is 7.89. The average Bonchev–Trinajstić information content (AvgIpc) is 3.31. The quantitative estimate of drug-likeness (QED) is 0.618. The number of benzene rings is 1. The largest absolute Gasteiger partial charge is 0.481 e. The third-order valence-corrected chi connectivity index (χ3v) is 5.67. The molecule has 0 bridgehead atoms. The van der Waals surface area contributed by atoms with Crippen molar-refractivity contribution in [2.75, 3.05) is 13.1 Å². The number of carbonyl (C=O) groups is 1. The number of piperidine rings is 1. The van der Waals surface area contributed by atoms with Gasteiger partial charge in [-0.05, 0) is 44.7 Å². The Hall–Kier alpha value is -3.23. The molecule has 1 saturated carbocycles. The summed E-state index contributed by atoms with van der Waals surface area (Å²) in [5.74, 6) is 2.33. The van der Waals surface area contributed by atoms with Gasteiger partial charge in [0.1, 0.15) is 5.75 Å². The third kappa shape index (κ3) is 3.92. The molecule has 1 atom stereocenters. The molecule has 1 aliphatic carbocycles. The molecule has 2 aromatic heterocycles. The lowest BCUT2D eigenvalue weighted by Gasteiger charge is -2.33. The van der Waals surface area contributed by atoms with E-state index in [9.17, 15) is 4.79 Å². The Bertz CT molecular complexity index is 1000. The number of nitrogens with zero attached hydrogens (tertiary/aromatic N) is 6. The zero-order valence-corrected chi connectivity index (χ0v) is 16.8. The maximum absolute atomic E-state index is 12.7. The smallest absolute Gasteiger partial charge is 0.280 e. The topological polar surface area (TPSA) is 99.2 Å². The van der Waals surface area contributed by atoms with Gasteiger partial charge in [0.2, 0.25) is 0 Å². The predicted molar refractivity (Wildman–Crippen MR) is 107 cm³/mol. The van der Waals surface area contributed by atoms with Gasteiger partial charge >= 0.3 is 0 Å². The van der Waals surface area contributed by atoms with Crippen molar-refractivity contribution in [2.24, 2.45) is 0 Å². The van der Waals surface area contributed by atoms with E-state index in [2.05, 4.69) is 20.5 Å². The van der Waals surface area contributed by atoms with E-state index in [1.807, 2.05) is 46.1 Å². The molecule has 9 nitrogen and oxygen atoms in total. The molecule has 3 heterocycles. The van der Waals surface area contributed by atoms with Gasteiger partial charge in [0.15, 0.2) is 17.6 Å². The monoisotopic (exact) mass is 408 g/mol. The highest BCUT2D eigenvalue weighted by Gasteiger charge is 2.31. The number of hydrogen-bond donors (Lipinski definition) is 0. The van der Waals surface area contributed by atoms with Crippen LogP contribution in [0, 0.1) is 0 Å². The molecule has 2 aliphatic rings. The van der Waals surface area contributed by atoms with Gasteiger partial charge in [0, 0.05) is 19.0 Å². The van der Waals surface area contributed by atoms with E-state index in [4.69, 9.17) is 9.26 Å². The lowest BCUT2D eigenvalue weighted by Crippen LogP contribution is -2.45. The molecular weight excluding hydrogens is 384 g/mol. The van der Waals surface area contributed by atoms with Crippen LogP contribution in [0.5, 0.6) is 5.75 Å². The molecule has 0 spiro atoms. The SMILES string of the molecule is CC(Oc1ccccc1)C(=O)N1CCC(n2cc(-c3nc(C4CC4)no3)nn2)CC1. The second-order valence-corrected chi connectivity index (χ2v) is 7.95. The van der Waals surface area contributed by atoms with Gasteiger partial charge in [-0.15, -0.1) is 5.10 Å². The van der Waals surface area contributed by atoms with E-state index in [1.165, 1.54) is 0 Å². The van der Waals surface area contributed by atoms with Gasteiger partial charge < -0.3 is 14.2 Å². The van der Waals surface area contributed by atoms with Gasteiger partial charge in [-0.25, -0.2) is 4.68 Å². The molecule has 30 heavy (non-hydrogen) atoms. The fourth-order valence-electron chi connectivity index (χ4n) is 3.76. The minimum absolute atomic E-state index is 0.00930. The molecular formula is C21H24N6O3. The van der Waals surface area contributed by atoms with E-state index in [0.29, 0.717) is 36.3 Å². The normalized spacial score (nSPS) is 18.4. The molecule has 2 fully saturated rings. The number of hydrogen-bond acceptors (Lipinski definition) is 7. The fourth-order valence-corrected chi connectivity index (χ4v) is 3.76. The van der Waals surface area contributed by atoms with Crippen molar-refractivity contribution in [3.05, 3.63) is 42.4 Å². The van der Waals surface area contributed by atoms with E-state index in [0.717, 1.165) is 31.5 Å². The molecule has 156 valence electrons. The first-order chi connectivity index (χ1) is 14.7. The molecule has 5 rings (SSSR count). The van der Waals surface area contributed by atoms with Gasteiger partial charge in [-0.1, -0.05) is 28.6 Å². The number of aromatic nitrogens is 5. The highest BCUT2D eigenvalue weighted by atomic mass is 16.5. The van der Waals surface area contributed by atoms with Crippen molar-refractivity contribution in [2.45, 2.75) is 50.7 Å². The first-order valence-electron chi connectivity index (χ1n) is 10.4. The first kappa shape index (κ1) is 18.8. The lowest BCUT2D eigenvalue weighted by atomic mass is 10.0. The van der Waals surface area contributed by atoms with E-state index in [1.54, 1.807) is 6.92 Å². The standard InChI is InChI=1S/C21H24N6O3/c1-14(29-17-5-3-2-4-6-17)21(28)26-11-9-16(10-12-26)27-13-18(23-25-27)20-22-19(24-30-20)15-7-8-15/h2-6,13-16H,7-12H2,1H3. The molecule has 0 N–H and O–H groups in total. The van der Waals surface area contributed by atoms with Crippen LogP contribution >= 0.6 is 0 Å². The zero-order chi connectivity index (χ0) is 20.5. The fraction of sp³-hybridized carbons (Fsp3) is 0.476. The Kier molecular flexibility index (Phi) is 4.94. The maximum atomic E-state index is 12.7. The van der Waals surface area contributed by atoms with Crippen LogP contribution in [0.4, 0.5) is 0 Å². The van der Waals surface area contributed by atoms with Gasteiger partial charge in [0.25, 0.3) is 11.8 Å². The zero-order valence-electron chi connectivity index (χ0n) is 16.8. The average molecular weight is 408 g/mol. The summed E-state index contributed by atoms with van der Waals surface area (Å²) in [7, 11) is 0. The number of carbonyl (C=O) groups excluding carboxylic acids is 1. The summed E-state index contributed by atoms with van der Waals surface area (Å²) in [6.45, 7) is 3.12. The Morgan fingerprint density at radius 2 is 1.93 bits per heavy atom. The summed E-state index contributed by atoms with van der Waals surface area (Å²) in [5.41, 5.74) is 0.595. The highest BCUT2D eigenvalue weighted by molar-refractivity contribution is 5.81. The Labute approximate surface area is 174 Å². The first-order valence-corrected chi connectivity index (χ1v) is 10.4. The molecule has 1 aromatic carbocycles. The third-order valence-electron chi connectivity index (χ3n) is 5.67. The minimum atomic E-state index is -0.514. The van der Waals surface area contributed by atoms with Crippen molar-refractivity contribution in [3.8, 4) is 17.3 Å². The summed E-state index contributed by atoms with van der Waals surface area (Å²) in [5, 5.41) is 12.5. The lowest BCUT2D eigenvalue weighted by molar-refractivity contribution is -0.139. The van der Waals surface area contributed by atoms with Crippen LogP contribution in [0.25, 0.3) is 11.6 Å². The van der Waals surface area contributed by atoms with Gasteiger partial charge in [0.05, 0.1) is 12.2 Å². The molecule has 9 heteroatoms. The molecule has 0 radical (unpaired) electrons. The molecule has 1 saturated heterocycles. The number of para-hydroxylation sites is 1.